The van der Waals surface area contributed by atoms with Gasteiger partial charge in [0.15, 0.2) is 0 Å². The van der Waals surface area contributed by atoms with Crippen molar-refractivity contribution in [3.05, 3.63) is 11.1 Å². The van der Waals surface area contributed by atoms with Crippen LogP contribution < -0.4 is 0 Å². The lowest BCUT2D eigenvalue weighted by atomic mass is 10.7. The Balaban J connectivity index is 3.05. The van der Waals surface area contributed by atoms with Gasteiger partial charge in [-0.25, -0.2) is 0 Å². The molecule has 0 rings (SSSR count). The van der Waals surface area contributed by atoms with Gasteiger partial charge in [-0.05, 0) is 0 Å². The van der Waals surface area contributed by atoms with E-state index in [4.69, 9.17) is 6.72 Å². The van der Waals surface area contributed by atoms with Gasteiger partial charge in [-0.15, -0.1) is 0 Å². The number of nitrogens with zero attached hydrogens (tertiary/aromatic N) is 1. The van der Waals surface area contributed by atoms with Crippen LogP contribution in [0.3, 0.4) is 0 Å². The predicted octanol–water partition coefficient (Wildman–Crippen LogP) is 1.35. The summed E-state index contributed by atoms with van der Waals surface area (Å²) in [5.41, 5.74) is 0. The highest BCUT2D eigenvalue weighted by Gasteiger charge is 1.75. The zero-order chi connectivity index (χ0) is 4.99. The first-order valence-electron chi connectivity index (χ1n) is 1.44. The molecule has 0 aromatic carbocycles. The molecule has 0 unspecified atom stereocenters. The molecule has 0 saturated heterocycles. The first kappa shape index (κ1) is 5.89. The van der Waals surface area contributed by atoms with E-state index in [1.54, 1.807) is 0 Å². The Bertz CT molecular complexity index is 67.9. The molecule has 2 radical (unpaired) electrons. The highest BCUT2D eigenvalue weighted by molar-refractivity contribution is 9.11. The average molecular weight is 146 g/mol. The molecule has 0 fully saturated rings. The number of hydrogen-bond acceptors (Lipinski definition) is 1. The summed E-state index contributed by atoms with van der Waals surface area (Å²) in [7, 11) is 0. The van der Waals surface area contributed by atoms with Crippen molar-refractivity contribution in [1.82, 2.24) is 0 Å². The van der Waals surface area contributed by atoms with E-state index >= 15 is 0 Å². The molecule has 0 bridgehead atoms. The van der Waals surface area contributed by atoms with Crippen LogP contribution in [-0.4, -0.2) is 13.3 Å². The Morgan fingerprint density at radius 3 is 2.50 bits per heavy atom. The van der Waals surface area contributed by atoms with Gasteiger partial charge >= 0.3 is 0 Å². The monoisotopic (exact) mass is 145 g/mol. The van der Waals surface area contributed by atoms with E-state index in [-0.39, 0.29) is 0 Å². The van der Waals surface area contributed by atoms with Crippen molar-refractivity contribution >= 4 is 22.6 Å². The van der Waals surface area contributed by atoms with Gasteiger partial charge in [0.05, 0.1) is 6.54 Å². The van der Waals surface area contributed by atoms with Crippen molar-refractivity contribution in [2.24, 2.45) is 4.99 Å². The molecule has 0 aliphatic rings. The first-order chi connectivity index (χ1) is 2.77. The quantitative estimate of drug-likeness (QED) is 0.521. The molecular formula is C4H4BrN. The normalized spacial score (nSPS) is 7.50. The second-order valence-corrected chi connectivity index (χ2v) is 1.95. The summed E-state index contributed by atoms with van der Waals surface area (Å²) >= 11 is 3.03. The van der Waals surface area contributed by atoms with E-state index in [2.05, 4.69) is 27.5 Å². The van der Waals surface area contributed by atoms with Crippen LogP contribution in [0.4, 0.5) is 0 Å². The largest absolute Gasteiger partial charge is 0.275 e. The van der Waals surface area contributed by atoms with Crippen LogP contribution in [0, 0.1) is 0 Å². The van der Waals surface area contributed by atoms with Gasteiger partial charge in [0, 0.05) is 4.48 Å². The van der Waals surface area contributed by atoms with Crippen molar-refractivity contribution in [3.8, 4) is 0 Å². The highest BCUT2D eigenvalue weighted by atomic mass is 79.9. The average Bonchev–Trinajstić information content (AvgIpc) is 1.35. The third-order valence-electron chi connectivity index (χ3n) is 0.251. The minimum absolute atomic E-state index is 0.389. The lowest BCUT2D eigenvalue weighted by Crippen LogP contribution is -1.70. The molecule has 0 aromatic heterocycles. The van der Waals surface area contributed by atoms with Crippen LogP contribution in [0.1, 0.15) is 0 Å². The first-order valence-corrected chi connectivity index (χ1v) is 2.23. The third-order valence-corrected chi connectivity index (χ3v) is 0.501. The molecule has 0 aliphatic carbocycles. The molecule has 2 heteroatoms. The maximum atomic E-state index is 6.27. The van der Waals surface area contributed by atoms with E-state index in [0.29, 0.717) is 6.54 Å². The Morgan fingerprint density at radius 1 is 2.00 bits per heavy atom. The van der Waals surface area contributed by atoms with Crippen molar-refractivity contribution in [3.63, 3.8) is 0 Å². The molecule has 0 atom stereocenters. The molecule has 0 heterocycles. The van der Waals surface area contributed by atoms with Gasteiger partial charge in [0.2, 0.25) is 0 Å². The van der Waals surface area contributed by atoms with Gasteiger partial charge in [0.25, 0.3) is 0 Å². The zero-order valence-corrected chi connectivity index (χ0v) is 4.83. The van der Waals surface area contributed by atoms with Gasteiger partial charge in [-0.2, -0.15) is 0 Å². The summed E-state index contributed by atoms with van der Waals surface area (Å²) < 4.78 is 0.748. The molecule has 32 valence electrons. The van der Waals surface area contributed by atoms with E-state index in [9.17, 15) is 0 Å². The summed E-state index contributed by atoms with van der Waals surface area (Å²) in [6.07, 6.45) is 0. The van der Waals surface area contributed by atoms with E-state index in [0.717, 1.165) is 4.48 Å². The maximum absolute atomic E-state index is 6.27. The summed E-state index contributed by atoms with van der Waals surface area (Å²) in [6, 6.07) is 0. The van der Waals surface area contributed by atoms with Crippen LogP contribution in [0.2, 0.25) is 0 Å². The number of aliphatic imine (C=N–C) groups is 1. The number of rotatable bonds is 2. The van der Waals surface area contributed by atoms with Crippen LogP contribution >= 0.6 is 15.9 Å². The summed E-state index contributed by atoms with van der Waals surface area (Å²) in [4.78, 5) is 3.04. The van der Waals surface area contributed by atoms with Crippen LogP contribution in [0.5, 0.6) is 0 Å². The standard InChI is InChI=1S/C4H4BrN/c1-4(5)3-6-2/h1,3H2. The molecule has 1 nitrogen and oxygen atoms in total. The Labute approximate surface area is 45.9 Å². The summed E-state index contributed by atoms with van der Waals surface area (Å²) in [5, 5.41) is 0. The van der Waals surface area contributed by atoms with Gasteiger partial charge < -0.3 is 0 Å². The van der Waals surface area contributed by atoms with Gasteiger partial charge in [0.1, 0.15) is 6.72 Å². The predicted molar refractivity (Wildman–Crippen MR) is 30.4 cm³/mol. The maximum Gasteiger partial charge on any atom is 0.113 e. The fourth-order valence-corrected chi connectivity index (χ4v) is 0.211. The molecule has 6 heavy (non-hydrogen) atoms. The lowest BCUT2D eigenvalue weighted by molar-refractivity contribution is 1.26. The topological polar surface area (TPSA) is 12.4 Å². The van der Waals surface area contributed by atoms with Crippen molar-refractivity contribution in [1.29, 1.82) is 0 Å². The minimum atomic E-state index is 0.389. The lowest BCUT2D eigenvalue weighted by Gasteiger charge is -1.79. The smallest absolute Gasteiger partial charge is 0.113 e. The second kappa shape index (κ2) is 3.09. The fraction of sp³-hybridized carbons (Fsp3) is 0.250. The Kier molecular flexibility index (Phi) is 3.04. The van der Waals surface area contributed by atoms with Gasteiger partial charge in [-0.1, -0.05) is 22.5 Å². The highest BCUT2D eigenvalue weighted by Crippen LogP contribution is 1.97. The van der Waals surface area contributed by atoms with E-state index < -0.39 is 0 Å². The van der Waals surface area contributed by atoms with Crippen LogP contribution in [0.25, 0.3) is 0 Å². The van der Waals surface area contributed by atoms with E-state index in [1.165, 1.54) is 0 Å². The third kappa shape index (κ3) is 3.89. The second-order valence-electron chi connectivity index (χ2n) is 0.833. The van der Waals surface area contributed by atoms with Crippen molar-refractivity contribution in [2.45, 2.75) is 0 Å². The molecule has 0 saturated carbocycles. The van der Waals surface area contributed by atoms with E-state index in [1.807, 2.05) is 0 Å². The van der Waals surface area contributed by atoms with Crippen molar-refractivity contribution in [2.75, 3.05) is 6.54 Å². The molecule has 0 spiro atoms. The Morgan fingerprint density at radius 2 is 2.50 bits per heavy atom. The molecule has 0 aliphatic heterocycles. The zero-order valence-electron chi connectivity index (χ0n) is 3.24. The summed E-state index contributed by atoms with van der Waals surface area (Å²) in [5.74, 6) is 0. The fourth-order valence-electron chi connectivity index (χ4n) is 0.0858. The molecule has 0 aromatic rings. The SMILES string of the molecule is C=C(Br)CN=[C:1]. The van der Waals surface area contributed by atoms with Crippen LogP contribution in [0.15, 0.2) is 16.1 Å². The van der Waals surface area contributed by atoms with Crippen molar-refractivity contribution < 1.29 is 0 Å². The van der Waals surface area contributed by atoms with Gasteiger partial charge in [-0.3, -0.25) is 4.99 Å². The number of hydrogen-bond donors (Lipinski definition) is 0. The minimum Gasteiger partial charge on any atom is -0.275 e. The van der Waals surface area contributed by atoms with Crippen LogP contribution in [-0.2, 0) is 0 Å². The summed E-state index contributed by atoms with van der Waals surface area (Å²) in [6.45, 7) is 10.1. The number of halogens is 1. The molecule has 0 N–H and O–H groups in total. The molecule has 0 amide bonds. The molecular weight excluding hydrogens is 142 g/mol. The Hall–Kier alpha value is -0.110.